The zero-order chi connectivity index (χ0) is 22.9. The van der Waals surface area contributed by atoms with E-state index in [4.69, 9.17) is 4.74 Å². The molecule has 2 aromatic rings. The van der Waals surface area contributed by atoms with Gasteiger partial charge in [-0.2, -0.15) is 0 Å². The predicted molar refractivity (Wildman–Crippen MR) is 120 cm³/mol. The Kier molecular flexibility index (Phi) is 6.39. The number of methoxy groups -OCH3 is 1. The lowest BCUT2D eigenvalue weighted by atomic mass is 9.88. The third-order valence-electron chi connectivity index (χ3n) is 5.92. The number of rotatable bonds is 6. The van der Waals surface area contributed by atoms with Gasteiger partial charge in [0.25, 0.3) is 11.8 Å². The van der Waals surface area contributed by atoms with Gasteiger partial charge in [0.05, 0.1) is 7.11 Å². The quantitative estimate of drug-likeness (QED) is 0.693. The third kappa shape index (κ3) is 5.24. The van der Waals surface area contributed by atoms with Gasteiger partial charge in [0, 0.05) is 28.8 Å². The molecular formula is C25H31FN2O3. The topological polar surface area (TPSA) is 67.4 Å². The van der Waals surface area contributed by atoms with E-state index in [0.29, 0.717) is 28.0 Å². The second-order valence-electron chi connectivity index (χ2n) is 9.35. The van der Waals surface area contributed by atoms with Crippen LogP contribution in [0.3, 0.4) is 0 Å². The number of benzene rings is 2. The fraction of sp³-hybridized carbons (Fsp3) is 0.440. The van der Waals surface area contributed by atoms with Crippen molar-refractivity contribution in [3.8, 4) is 16.9 Å². The van der Waals surface area contributed by atoms with Crippen LogP contribution in [0.15, 0.2) is 30.3 Å². The first-order valence-corrected chi connectivity index (χ1v) is 10.6. The van der Waals surface area contributed by atoms with Crippen molar-refractivity contribution in [2.24, 2.45) is 5.41 Å². The van der Waals surface area contributed by atoms with Gasteiger partial charge in [0.15, 0.2) is 0 Å². The molecule has 2 N–H and O–H groups in total. The lowest BCUT2D eigenvalue weighted by molar-refractivity contribution is 0.0908. The largest absolute Gasteiger partial charge is 0.496 e. The monoisotopic (exact) mass is 426 g/mol. The van der Waals surface area contributed by atoms with Gasteiger partial charge in [-0.3, -0.25) is 9.59 Å². The number of carbonyl (C=O) groups is 2. The Hall–Kier alpha value is -2.89. The van der Waals surface area contributed by atoms with Crippen LogP contribution in [-0.4, -0.2) is 31.0 Å². The lowest BCUT2D eigenvalue weighted by Crippen LogP contribution is -2.41. The summed E-state index contributed by atoms with van der Waals surface area (Å²) in [6, 6.07) is 8.17. The lowest BCUT2D eigenvalue weighted by Gasteiger charge is -2.28. The van der Waals surface area contributed by atoms with Crippen LogP contribution in [0.25, 0.3) is 11.1 Å². The summed E-state index contributed by atoms with van der Waals surface area (Å²) in [5.74, 6) is -0.499. The SMILES string of the molecule is COc1cc(C(=O)NC(C)C(C)(C)C)ccc1-c1cc(C(=O)NC2CC2)cc(F)c1C. The second kappa shape index (κ2) is 8.69. The Morgan fingerprint density at radius 2 is 1.74 bits per heavy atom. The maximum Gasteiger partial charge on any atom is 0.251 e. The van der Waals surface area contributed by atoms with Crippen molar-refractivity contribution in [3.63, 3.8) is 0 Å². The molecule has 5 nitrogen and oxygen atoms in total. The molecule has 2 aromatic carbocycles. The summed E-state index contributed by atoms with van der Waals surface area (Å²) in [4.78, 5) is 25.2. The highest BCUT2D eigenvalue weighted by Crippen LogP contribution is 2.35. The molecule has 0 radical (unpaired) electrons. The fourth-order valence-electron chi connectivity index (χ4n) is 3.14. The molecule has 0 aromatic heterocycles. The minimum Gasteiger partial charge on any atom is -0.496 e. The Bertz CT molecular complexity index is 1010. The highest BCUT2D eigenvalue weighted by molar-refractivity contribution is 5.98. The van der Waals surface area contributed by atoms with Crippen LogP contribution in [0.5, 0.6) is 5.75 Å². The number of amides is 2. The van der Waals surface area contributed by atoms with Crippen molar-refractivity contribution in [2.75, 3.05) is 7.11 Å². The summed E-state index contributed by atoms with van der Waals surface area (Å²) in [6.07, 6.45) is 1.91. The summed E-state index contributed by atoms with van der Waals surface area (Å²) >= 11 is 0. The Morgan fingerprint density at radius 1 is 1.06 bits per heavy atom. The highest BCUT2D eigenvalue weighted by atomic mass is 19.1. The van der Waals surface area contributed by atoms with E-state index in [2.05, 4.69) is 31.4 Å². The van der Waals surface area contributed by atoms with Crippen LogP contribution in [-0.2, 0) is 0 Å². The van der Waals surface area contributed by atoms with Crippen LogP contribution in [0.1, 0.15) is 66.8 Å². The van der Waals surface area contributed by atoms with Crippen molar-refractivity contribution in [3.05, 3.63) is 52.8 Å². The number of ether oxygens (including phenoxy) is 1. The summed E-state index contributed by atoms with van der Waals surface area (Å²) in [7, 11) is 1.51. The first kappa shape index (κ1) is 22.8. The minimum absolute atomic E-state index is 0.0244. The predicted octanol–water partition coefficient (Wildman–Crippen LogP) is 4.87. The van der Waals surface area contributed by atoms with Crippen molar-refractivity contribution >= 4 is 11.8 Å². The van der Waals surface area contributed by atoms with Crippen LogP contribution in [0.2, 0.25) is 0 Å². The zero-order valence-corrected chi connectivity index (χ0v) is 19.1. The molecule has 0 bridgehead atoms. The van der Waals surface area contributed by atoms with E-state index >= 15 is 0 Å². The molecule has 1 aliphatic carbocycles. The molecule has 0 spiro atoms. The summed E-state index contributed by atoms with van der Waals surface area (Å²) in [6.45, 7) is 9.81. The van der Waals surface area contributed by atoms with E-state index in [0.717, 1.165) is 12.8 Å². The van der Waals surface area contributed by atoms with E-state index in [1.54, 1.807) is 31.2 Å². The van der Waals surface area contributed by atoms with Crippen molar-refractivity contribution in [1.82, 2.24) is 10.6 Å². The van der Waals surface area contributed by atoms with Gasteiger partial charge in [0.2, 0.25) is 0 Å². The molecule has 1 unspecified atom stereocenters. The maximum atomic E-state index is 14.7. The molecule has 1 fully saturated rings. The van der Waals surface area contributed by atoms with Crippen LogP contribution in [0.4, 0.5) is 4.39 Å². The van der Waals surface area contributed by atoms with E-state index in [1.165, 1.54) is 13.2 Å². The van der Waals surface area contributed by atoms with E-state index in [1.807, 2.05) is 6.92 Å². The molecule has 166 valence electrons. The van der Waals surface area contributed by atoms with E-state index < -0.39 is 5.82 Å². The van der Waals surface area contributed by atoms with Crippen LogP contribution >= 0.6 is 0 Å². The Balaban J connectivity index is 1.94. The van der Waals surface area contributed by atoms with Crippen molar-refractivity contribution in [1.29, 1.82) is 0 Å². The number of hydrogen-bond donors (Lipinski definition) is 2. The van der Waals surface area contributed by atoms with Crippen molar-refractivity contribution in [2.45, 2.75) is 59.5 Å². The van der Waals surface area contributed by atoms with E-state index in [9.17, 15) is 14.0 Å². The number of carbonyl (C=O) groups excluding carboxylic acids is 2. The Labute approximate surface area is 183 Å². The molecule has 0 saturated heterocycles. The molecule has 31 heavy (non-hydrogen) atoms. The number of nitrogens with one attached hydrogen (secondary N) is 2. The van der Waals surface area contributed by atoms with E-state index in [-0.39, 0.29) is 34.9 Å². The molecule has 3 rings (SSSR count). The molecule has 1 aliphatic rings. The average Bonchev–Trinajstić information content (AvgIpc) is 3.52. The smallest absolute Gasteiger partial charge is 0.251 e. The first-order valence-electron chi connectivity index (χ1n) is 10.6. The molecule has 1 atom stereocenters. The van der Waals surface area contributed by atoms with Gasteiger partial charge in [0.1, 0.15) is 11.6 Å². The van der Waals surface area contributed by atoms with Gasteiger partial charge < -0.3 is 15.4 Å². The summed E-state index contributed by atoms with van der Waals surface area (Å²) in [5.41, 5.74) is 2.26. The summed E-state index contributed by atoms with van der Waals surface area (Å²) < 4.78 is 20.2. The highest BCUT2D eigenvalue weighted by Gasteiger charge is 2.26. The molecular weight excluding hydrogens is 395 g/mol. The summed E-state index contributed by atoms with van der Waals surface area (Å²) in [5, 5.41) is 5.90. The Morgan fingerprint density at radius 3 is 2.32 bits per heavy atom. The van der Waals surface area contributed by atoms with Gasteiger partial charge in [-0.05, 0) is 73.6 Å². The zero-order valence-electron chi connectivity index (χ0n) is 19.1. The number of halogens is 1. The third-order valence-corrected chi connectivity index (χ3v) is 5.92. The van der Waals surface area contributed by atoms with Gasteiger partial charge in [-0.1, -0.05) is 20.8 Å². The van der Waals surface area contributed by atoms with Crippen LogP contribution < -0.4 is 15.4 Å². The molecule has 1 saturated carbocycles. The normalized spacial score (nSPS) is 14.7. The van der Waals surface area contributed by atoms with Crippen LogP contribution in [0, 0.1) is 18.2 Å². The fourth-order valence-corrected chi connectivity index (χ4v) is 3.14. The first-order chi connectivity index (χ1) is 14.5. The van der Waals surface area contributed by atoms with Gasteiger partial charge in [-0.15, -0.1) is 0 Å². The van der Waals surface area contributed by atoms with Crippen molar-refractivity contribution < 1.29 is 18.7 Å². The standard InChI is InChI=1S/C25H31FN2O3/c1-14-20(11-17(12-21(14)26)24(30)28-18-8-9-18)19-10-7-16(13-22(19)31-6)23(29)27-15(2)25(3,4)5/h7,10-13,15,18H,8-9H2,1-6H3,(H,27,29)(H,28,30). The minimum atomic E-state index is -0.457. The van der Waals surface area contributed by atoms with Gasteiger partial charge >= 0.3 is 0 Å². The molecule has 0 aliphatic heterocycles. The maximum absolute atomic E-state index is 14.7. The van der Waals surface area contributed by atoms with Gasteiger partial charge in [-0.25, -0.2) is 4.39 Å². The molecule has 2 amide bonds. The molecule has 0 heterocycles. The number of hydrogen-bond acceptors (Lipinski definition) is 3. The second-order valence-corrected chi connectivity index (χ2v) is 9.35. The average molecular weight is 427 g/mol. The molecule has 6 heteroatoms.